The van der Waals surface area contributed by atoms with E-state index in [1.165, 1.54) is 10.5 Å². The van der Waals surface area contributed by atoms with Gasteiger partial charge in [-0.3, -0.25) is 0 Å². The molecular formula is C12H20N4O3S. The second-order valence-corrected chi connectivity index (χ2v) is 6.76. The third kappa shape index (κ3) is 2.71. The number of rotatable bonds is 4. The van der Waals surface area contributed by atoms with Crippen LogP contribution in [0.25, 0.3) is 0 Å². The van der Waals surface area contributed by atoms with E-state index in [4.69, 9.17) is 5.21 Å². The lowest BCUT2D eigenvalue weighted by molar-refractivity contribution is 0.295. The number of oxime groups is 1. The lowest BCUT2D eigenvalue weighted by atomic mass is 9.95. The highest BCUT2D eigenvalue weighted by Crippen LogP contribution is 2.23. The van der Waals surface area contributed by atoms with Gasteiger partial charge in [-0.05, 0) is 6.42 Å². The molecule has 1 aromatic heterocycles. The van der Waals surface area contributed by atoms with E-state index < -0.39 is 10.0 Å². The van der Waals surface area contributed by atoms with Crippen molar-refractivity contribution < 1.29 is 13.6 Å². The summed E-state index contributed by atoms with van der Waals surface area (Å²) in [5.74, 6) is 0.627. The van der Waals surface area contributed by atoms with Crippen LogP contribution in [0.2, 0.25) is 0 Å². The third-order valence-electron chi connectivity index (χ3n) is 3.69. The maximum atomic E-state index is 12.5. The summed E-state index contributed by atoms with van der Waals surface area (Å²) in [5, 5.41) is 12.4. The van der Waals surface area contributed by atoms with Gasteiger partial charge in [-0.1, -0.05) is 19.0 Å². The van der Waals surface area contributed by atoms with Crippen molar-refractivity contribution in [3.63, 3.8) is 0 Å². The summed E-state index contributed by atoms with van der Waals surface area (Å²) in [6.45, 7) is 4.54. The maximum absolute atomic E-state index is 12.5. The van der Waals surface area contributed by atoms with Crippen LogP contribution in [0.4, 0.5) is 0 Å². The Morgan fingerprint density at radius 2 is 2.30 bits per heavy atom. The first-order valence-electron chi connectivity index (χ1n) is 6.77. The van der Waals surface area contributed by atoms with Crippen molar-refractivity contribution in [2.24, 2.45) is 11.1 Å². The zero-order chi connectivity index (χ0) is 14.8. The molecule has 1 aliphatic heterocycles. The van der Waals surface area contributed by atoms with Crippen LogP contribution in [-0.4, -0.2) is 46.7 Å². The number of sulfonamides is 1. The van der Waals surface area contributed by atoms with Crippen LogP contribution in [0.15, 0.2) is 16.4 Å². The minimum atomic E-state index is -3.55. The normalized spacial score (nSPS) is 23.3. The Labute approximate surface area is 118 Å². The van der Waals surface area contributed by atoms with Crippen molar-refractivity contribution in [3.05, 3.63) is 12.0 Å². The first kappa shape index (κ1) is 15.0. The van der Waals surface area contributed by atoms with Gasteiger partial charge in [0.05, 0.1) is 11.9 Å². The van der Waals surface area contributed by atoms with Crippen molar-refractivity contribution in [2.45, 2.75) is 38.1 Å². The average Bonchev–Trinajstić information content (AvgIpc) is 2.96. The molecule has 7 nitrogen and oxygen atoms in total. The fourth-order valence-corrected chi connectivity index (χ4v) is 3.81. The number of H-pyrrole nitrogens is 1. The second-order valence-electron chi connectivity index (χ2n) is 4.86. The first-order valence-corrected chi connectivity index (χ1v) is 8.21. The van der Waals surface area contributed by atoms with E-state index in [-0.39, 0.29) is 10.9 Å². The summed E-state index contributed by atoms with van der Waals surface area (Å²) in [6, 6.07) is 0. The highest BCUT2D eigenvalue weighted by atomic mass is 32.2. The third-order valence-corrected chi connectivity index (χ3v) is 5.47. The number of aryl methyl sites for hydroxylation is 1. The highest BCUT2D eigenvalue weighted by Gasteiger charge is 2.33. The Morgan fingerprint density at radius 1 is 1.55 bits per heavy atom. The van der Waals surface area contributed by atoms with Crippen LogP contribution in [0.3, 0.4) is 0 Å². The molecule has 1 atom stereocenters. The summed E-state index contributed by atoms with van der Waals surface area (Å²) < 4.78 is 26.5. The number of nitrogens with zero attached hydrogens (tertiary/aromatic N) is 3. The zero-order valence-electron chi connectivity index (χ0n) is 11.7. The molecule has 1 aliphatic rings. The molecule has 1 unspecified atom stereocenters. The van der Waals surface area contributed by atoms with Crippen molar-refractivity contribution in [2.75, 3.05) is 13.1 Å². The van der Waals surface area contributed by atoms with Crippen molar-refractivity contribution >= 4 is 15.7 Å². The van der Waals surface area contributed by atoms with E-state index in [9.17, 15) is 8.42 Å². The number of piperidine rings is 1. The topological polar surface area (TPSA) is 98.7 Å². The van der Waals surface area contributed by atoms with Gasteiger partial charge in [0.15, 0.2) is 5.03 Å². The predicted octanol–water partition coefficient (Wildman–Crippen LogP) is 1.22. The molecule has 0 amide bonds. The fourth-order valence-electron chi connectivity index (χ4n) is 2.39. The van der Waals surface area contributed by atoms with Crippen LogP contribution >= 0.6 is 0 Å². The molecule has 1 aromatic rings. The molecule has 20 heavy (non-hydrogen) atoms. The smallest absolute Gasteiger partial charge is 0.260 e. The van der Waals surface area contributed by atoms with E-state index in [2.05, 4.69) is 15.1 Å². The van der Waals surface area contributed by atoms with Gasteiger partial charge in [0.25, 0.3) is 10.0 Å². The molecule has 2 rings (SSSR count). The van der Waals surface area contributed by atoms with E-state index in [0.29, 0.717) is 37.5 Å². The molecule has 1 saturated heterocycles. The van der Waals surface area contributed by atoms with Gasteiger partial charge < -0.3 is 10.2 Å². The molecule has 112 valence electrons. The minimum absolute atomic E-state index is 0.0305. The van der Waals surface area contributed by atoms with Gasteiger partial charge in [0, 0.05) is 31.8 Å². The summed E-state index contributed by atoms with van der Waals surface area (Å²) in [5.41, 5.74) is 0.679. The Bertz CT molecular complexity index is 594. The molecule has 0 bridgehead atoms. The molecule has 1 fully saturated rings. The standard InChI is InChI=1S/C12H20N4O3S/c1-3-9-8-16(6-5-10(9)15-17)20(18,19)12-7-13-11(4-2)14-12/h7,9,17H,3-6,8H2,1-2H3,(H,13,14). The maximum Gasteiger partial charge on any atom is 0.260 e. The molecule has 0 spiro atoms. The lowest BCUT2D eigenvalue weighted by Gasteiger charge is -2.31. The van der Waals surface area contributed by atoms with Crippen LogP contribution < -0.4 is 0 Å². The van der Waals surface area contributed by atoms with Gasteiger partial charge in [-0.2, -0.15) is 4.31 Å². The van der Waals surface area contributed by atoms with E-state index in [0.717, 1.165) is 6.42 Å². The summed E-state index contributed by atoms with van der Waals surface area (Å²) in [7, 11) is -3.55. The Kier molecular flexibility index (Phi) is 4.44. The van der Waals surface area contributed by atoms with Gasteiger partial charge in [0.2, 0.25) is 0 Å². The second kappa shape index (κ2) is 5.92. The van der Waals surface area contributed by atoms with E-state index in [1.807, 2.05) is 13.8 Å². The zero-order valence-corrected chi connectivity index (χ0v) is 12.5. The quantitative estimate of drug-likeness (QED) is 0.645. The SMILES string of the molecule is CCc1ncc(S(=O)(=O)N2CCC(=NO)C(CC)C2)[nH]1. The first-order chi connectivity index (χ1) is 9.52. The minimum Gasteiger partial charge on any atom is -0.411 e. The molecule has 0 aromatic carbocycles. The number of hydrogen-bond acceptors (Lipinski definition) is 5. The highest BCUT2D eigenvalue weighted by molar-refractivity contribution is 7.89. The van der Waals surface area contributed by atoms with E-state index in [1.54, 1.807) is 0 Å². The molecule has 2 heterocycles. The Balaban J connectivity index is 2.22. The monoisotopic (exact) mass is 300 g/mol. The molecule has 0 saturated carbocycles. The van der Waals surface area contributed by atoms with Crippen LogP contribution in [0, 0.1) is 5.92 Å². The lowest BCUT2D eigenvalue weighted by Crippen LogP contribution is -2.44. The number of hydrogen-bond donors (Lipinski definition) is 2. The predicted molar refractivity (Wildman–Crippen MR) is 74.3 cm³/mol. The van der Waals surface area contributed by atoms with E-state index >= 15 is 0 Å². The van der Waals surface area contributed by atoms with Crippen LogP contribution in [0.1, 0.15) is 32.5 Å². The summed E-state index contributed by atoms with van der Waals surface area (Å²) in [4.78, 5) is 6.88. The molecule has 0 radical (unpaired) electrons. The average molecular weight is 300 g/mol. The van der Waals surface area contributed by atoms with Crippen molar-refractivity contribution in [1.29, 1.82) is 0 Å². The van der Waals surface area contributed by atoms with Crippen LogP contribution in [-0.2, 0) is 16.4 Å². The van der Waals surface area contributed by atoms with Gasteiger partial charge in [-0.25, -0.2) is 13.4 Å². The summed E-state index contributed by atoms with van der Waals surface area (Å²) in [6.07, 6.45) is 3.23. The Morgan fingerprint density at radius 3 is 2.85 bits per heavy atom. The van der Waals surface area contributed by atoms with Gasteiger partial charge in [-0.15, -0.1) is 0 Å². The molecule has 0 aliphatic carbocycles. The van der Waals surface area contributed by atoms with Crippen molar-refractivity contribution in [1.82, 2.24) is 14.3 Å². The summed E-state index contributed by atoms with van der Waals surface area (Å²) >= 11 is 0. The Hall–Kier alpha value is -1.41. The number of nitrogens with one attached hydrogen (secondary N) is 1. The van der Waals surface area contributed by atoms with Gasteiger partial charge in [0.1, 0.15) is 5.82 Å². The van der Waals surface area contributed by atoms with Crippen molar-refractivity contribution in [3.8, 4) is 0 Å². The van der Waals surface area contributed by atoms with Gasteiger partial charge >= 0.3 is 0 Å². The molecular weight excluding hydrogens is 280 g/mol. The fraction of sp³-hybridized carbons (Fsp3) is 0.667. The number of aromatic nitrogens is 2. The number of imidazole rings is 1. The van der Waals surface area contributed by atoms with Crippen LogP contribution in [0.5, 0.6) is 0 Å². The molecule has 2 N–H and O–H groups in total. The largest absolute Gasteiger partial charge is 0.411 e. The number of aromatic amines is 1. The molecule has 8 heteroatoms.